The maximum atomic E-state index is 12.9. The van der Waals surface area contributed by atoms with Crippen molar-refractivity contribution in [1.29, 1.82) is 0 Å². The van der Waals surface area contributed by atoms with Crippen molar-refractivity contribution in [2.75, 3.05) is 19.6 Å². The van der Waals surface area contributed by atoms with Crippen LogP contribution < -0.4 is 4.87 Å². The highest BCUT2D eigenvalue weighted by molar-refractivity contribution is 7.07. The summed E-state index contributed by atoms with van der Waals surface area (Å²) < 4.78 is 1.67. The van der Waals surface area contributed by atoms with Crippen molar-refractivity contribution in [2.24, 2.45) is 0 Å². The van der Waals surface area contributed by atoms with Gasteiger partial charge in [-0.05, 0) is 38.3 Å². The van der Waals surface area contributed by atoms with E-state index in [-0.39, 0.29) is 22.7 Å². The predicted molar refractivity (Wildman–Crippen MR) is 115 cm³/mol. The Morgan fingerprint density at radius 3 is 2.45 bits per heavy atom. The number of carbonyl (C=O) groups excluding carboxylic acids is 2. The number of likely N-dealkylation sites (tertiary alicyclic amines) is 1. The Kier molecular flexibility index (Phi) is 7.25. The van der Waals surface area contributed by atoms with Crippen LogP contribution in [0, 0.1) is 6.92 Å². The molecule has 0 N–H and O–H groups in total. The van der Waals surface area contributed by atoms with Gasteiger partial charge in [-0.15, -0.1) is 0 Å². The molecule has 1 saturated heterocycles. The minimum Gasteiger partial charge on any atom is -0.340 e. The molecule has 0 aliphatic carbocycles. The Bertz CT molecular complexity index is 882. The molecule has 1 aliphatic rings. The van der Waals surface area contributed by atoms with Crippen LogP contribution in [0.5, 0.6) is 0 Å². The highest BCUT2D eigenvalue weighted by Gasteiger charge is 2.29. The summed E-state index contributed by atoms with van der Waals surface area (Å²) in [7, 11) is 0. The maximum absolute atomic E-state index is 12.9. The molecule has 3 rings (SSSR count). The summed E-state index contributed by atoms with van der Waals surface area (Å²) in [4.78, 5) is 41.3. The smallest absolute Gasteiger partial charge is 0.307 e. The van der Waals surface area contributed by atoms with E-state index in [1.165, 1.54) is 11.3 Å². The molecule has 29 heavy (non-hydrogen) atoms. The van der Waals surface area contributed by atoms with E-state index in [0.717, 1.165) is 25.0 Å². The summed E-state index contributed by atoms with van der Waals surface area (Å²) in [6.07, 6.45) is 2.82. The molecule has 2 amide bonds. The average Bonchev–Trinajstić information content (AvgIpc) is 3.08. The minimum absolute atomic E-state index is 0.00919. The van der Waals surface area contributed by atoms with Gasteiger partial charge in [0, 0.05) is 55.3 Å². The van der Waals surface area contributed by atoms with Gasteiger partial charge in [-0.25, -0.2) is 0 Å². The average molecular weight is 416 g/mol. The Morgan fingerprint density at radius 1 is 1.17 bits per heavy atom. The van der Waals surface area contributed by atoms with Crippen LogP contribution in [0.25, 0.3) is 0 Å². The third-order valence-corrected chi connectivity index (χ3v) is 6.40. The third-order valence-electron chi connectivity index (χ3n) is 5.52. The Balaban J connectivity index is 1.58. The van der Waals surface area contributed by atoms with Gasteiger partial charge >= 0.3 is 4.87 Å². The van der Waals surface area contributed by atoms with Crippen LogP contribution in [-0.2, 0) is 11.3 Å². The molecule has 1 aliphatic heterocycles. The summed E-state index contributed by atoms with van der Waals surface area (Å²) in [5.41, 5.74) is 1.62. The van der Waals surface area contributed by atoms with Crippen molar-refractivity contribution in [2.45, 2.75) is 52.1 Å². The monoisotopic (exact) mass is 415 g/mol. The Hall–Kier alpha value is -2.41. The van der Waals surface area contributed by atoms with Gasteiger partial charge in [0.25, 0.3) is 5.91 Å². The fraction of sp³-hybridized carbons (Fsp3) is 0.500. The summed E-state index contributed by atoms with van der Waals surface area (Å²) >= 11 is 1.18. The maximum Gasteiger partial charge on any atom is 0.307 e. The number of thiazole rings is 1. The van der Waals surface area contributed by atoms with E-state index in [2.05, 4.69) is 6.92 Å². The van der Waals surface area contributed by atoms with Crippen molar-refractivity contribution in [3.63, 3.8) is 0 Å². The molecular weight excluding hydrogens is 386 g/mol. The SMILES string of the molecule is CCCN(C(=O)CCn1c(C)csc1=O)C1CCN(C(=O)c2ccccc2)CC1. The van der Waals surface area contributed by atoms with Gasteiger partial charge < -0.3 is 14.4 Å². The van der Waals surface area contributed by atoms with Gasteiger partial charge in [0.2, 0.25) is 5.91 Å². The van der Waals surface area contributed by atoms with Gasteiger partial charge in [-0.3, -0.25) is 14.4 Å². The first kappa shape index (κ1) is 21.3. The first-order chi connectivity index (χ1) is 14.0. The molecule has 0 atom stereocenters. The van der Waals surface area contributed by atoms with Crippen LogP contribution in [0.2, 0.25) is 0 Å². The van der Waals surface area contributed by atoms with Crippen molar-refractivity contribution in [3.05, 3.63) is 56.6 Å². The van der Waals surface area contributed by atoms with Gasteiger partial charge in [0.15, 0.2) is 0 Å². The zero-order chi connectivity index (χ0) is 20.8. The number of nitrogens with zero attached hydrogens (tertiary/aromatic N) is 3. The van der Waals surface area contributed by atoms with Crippen molar-refractivity contribution in [3.8, 4) is 0 Å². The second-order valence-corrected chi connectivity index (χ2v) is 8.34. The largest absolute Gasteiger partial charge is 0.340 e. The third kappa shape index (κ3) is 5.15. The number of amides is 2. The van der Waals surface area contributed by atoms with E-state index in [4.69, 9.17) is 0 Å². The number of aromatic nitrogens is 1. The summed E-state index contributed by atoms with van der Waals surface area (Å²) in [5, 5.41) is 1.83. The summed E-state index contributed by atoms with van der Waals surface area (Å²) in [6.45, 7) is 6.43. The van der Waals surface area contributed by atoms with Gasteiger partial charge in [-0.1, -0.05) is 36.5 Å². The first-order valence-corrected chi connectivity index (χ1v) is 11.2. The van der Waals surface area contributed by atoms with E-state index < -0.39 is 0 Å². The van der Waals surface area contributed by atoms with Crippen molar-refractivity contribution < 1.29 is 9.59 Å². The quantitative estimate of drug-likeness (QED) is 0.698. The molecule has 1 aromatic heterocycles. The minimum atomic E-state index is -0.00919. The number of benzene rings is 1. The molecular formula is C22H29N3O3S. The van der Waals surface area contributed by atoms with Crippen LogP contribution in [-0.4, -0.2) is 51.9 Å². The van der Waals surface area contributed by atoms with Crippen molar-refractivity contribution >= 4 is 23.2 Å². The molecule has 0 bridgehead atoms. The van der Waals surface area contributed by atoms with E-state index in [1.807, 2.05) is 52.4 Å². The lowest BCUT2D eigenvalue weighted by atomic mass is 10.0. The molecule has 1 fully saturated rings. The van der Waals surface area contributed by atoms with Crippen LogP contribution in [0.3, 0.4) is 0 Å². The second kappa shape index (κ2) is 9.87. The van der Waals surface area contributed by atoms with Crippen LogP contribution >= 0.6 is 11.3 Å². The number of carbonyl (C=O) groups is 2. The number of hydrogen-bond donors (Lipinski definition) is 0. The molecule has 0 saturated carbocycles. The molecule has 0 unspecified atom stereocenters. The molecule has 6 nitrogen and oxygen atoms in total. The van der Waals surface area contributed by atoms with Gasteiger partial charge in [0.05, 0.1) is 0 Å². The standard InChI is InChI=1S/C22H29N3O3S/c1-3-12-25(20(26)11-15-24-17(2)16-29-22(24)28)19-9-13-23(14-10-19)21(27)18-7-5-4-6-8-18/h4-8,16,19H,3,9-15H2,1-2H3. The number of aryl methyl sites for hydroxylation is 1. The number of piperidine rings is 1. The lowest BCUT2D eigenvalue weighted by Gasteiger charge is -2.38. The second-order valence-electron chi connectivity index (χ2n) is 7.52. The molecule has 156 valence electrons. The number of hydrogen-bond acceptors (Lipinski definition) is 4. The van der Waals surface area contributed by atoms with E-state index >= 15 is 0 Å². The molecule has 2 heterocycles. The summed E-state index contributed by atoms with van der Waals surface area (Å²) in [6, 6.07) is 9.50. The van der Waals surface area contributed by atoms with Gasteiger partial charge in [-0.2, -0.15) is 0 Å². The first-order valence-electron chi connectivity index (χ1n) is 10.3. The highest BCUT2D eigenvalue weighted by atomic mass is 32.1. The number of rotatable bonds is 7. The Labute approximate surface area is 175 Å². The summed E-state index contributed by atoms with van der Waals surface area (Å²) in [5.74, 6) is 0.155. The lowest BCUT2D eigenvalue weighted by molar-refractivity contribution is -0.134. The zero-order valence-corrected chi connectivity index (χ0v) is 18.0. The van der Waals surface area contributed by atoms with E-state index in [1.54, 1.807) is 4.57 Å². The van der Waals surface area contributed by atoms with Crippen LogP contribution in [0.15, 0.2) is 40.5 Å². The predicted octanol–water partition coefficient (Wildman–Crippen LogP) is 3.15. The molecule has 2 aromatic rings. The molecule has 7 heteroatoms. The van der Waals surface area contributed by atoms with E-state index in [9.17, 15) is 14.4 Å². The normalized spacial score (nSPS) is 14.8. The fourth-order valence-corrected chi connectivity index (χ4v) is 4.68. The fourth-order valence-electron chi connectivity index (χ4n) is 3.92. The lowest BCUT2D eigenvalue weighted by Crippen LogP contribution is -2.49. The van der Waals surface area contributed by atoms with Crippen molar-refractivity contribution in [1.82, 2.24) is 14.4 Å². The zero-order valence-electron chi connectivity index (χ0n) is 17.2. The van der Waals surface area contributed by atoms with Gasteiger partial charge in [0.1, 0.15) is 0 Å². The topological polar surface area (TPSA) is 62.6 Å². The molecule has 1 aromatic carbocycles. The van der Waals surface area contributed by atoms with E-state index in [0.29, 0.717) is 38.2 Å². The molecule has 0 spiro atoms. The molecule has 0 radical (unpaired) electrons. The van der Waals surface area contributed by atoms with Crippen LogP contribution in [0.4, 0.5) is 0 Å². The highest BCUT2D eigenvalue weighted by Crippen LogP contribution is 2.20. The van der Waals surface area contributed by atoms with Crippen LogP contribution in [0.1, 0.15) is 48.7 Å². The Morgan fingerprint density at radius 2 is 1.86 bits per heavy atom.